The summed E-state index contributed by atoms with van der Waals surface area (Å²) in [5, 5.41) is 11.6. The van der Waals surface area contributed by atoms with Gasteiger partial charge in [0.05, 0.1) is 12.1 Å². The van der Waals surface area contributed by atoms with Gasteiger partial charge in [-0.1, -0.05) is 11.6 Å². The third-order valence-corrected chi connectivity index (χ3v) is 5.41. The van der Waals surface area contributed by atoms with Crippen molar-refractivity contribution in [3.8, 4) is 0 Å². The molecule has 21 heavy (non-hydrogen) atoms. The Hall–Kier alpha value is -1.40. The molecule has 0 amide bonds. The summed E-state index contributed by atoms with van der Waals surface area (Å²) in [6.07, 6.45) is 2.57. The van der Waals surface area contributed by atoms with Crippen LogP contribution in [0.15, 0.2) is 17.1 Å². The summed E-state index contributed by atoms with van der Waals surface area (Å²) in [6, 6.07) is 3.56. The van der Waals surface area contributed by atoms with Crippen molar-refractivity contribution in [2.24, 2.45) is 10.9 Å². The van der Waals surface area contributed by atoms with E-state index in [1.54, 1.807) is 6.07 Å². The highest BCUT2D eigenvalue weighted by Crippen LogP contribution is 2.41. The van der Waals surface area contributed by atoms with Crippen LogP contribution in [0.5, 0.6) is 0 Å². The first-order valence-corrected chi connectivity index (χ1v) is 7.82. The predicted octanol–water partition coefficient (Wildman–Crippen LogP) is 1.31. The lowest BCUT2D eigenvalue weighted by Gasteiger charge is -2.54. The molecule has 3 saturated heterocycles. The zero-order valence-electron chi connectivity index (χ0n) is 12.1. The molecule has 2 bridgehead atoms. The third-order valence-electron chi connectivity index (χ3n) is 5.21. The number of nitrogens with one attached hydrogen (secondary N) is 1. The summed E-state index contributed by atoms with van der Waals surface area (Å²) >= 11 is 5.77. The van der Waals surface area contributed by atoms with Gasteiger partial charge in [-0.2, -0.15) is 0 Å². The second kappa shape index (κ2) is 4.81. The monoisotopic (exact) mass is 306 g/mol. The molecule has 0 aromatic carbocycles. The van der Waals surface area contributed by atoms with Gasteiger partial charge in [0, 0.05) is 13.6 Å². The van der Waals surface area contributed by atoms with Crippen LogP contribution in [0.1, 0.15) is 12.8 Å². The number of aromatic nitrogens is 2. The van der Waals surface area contributed by atoms with Gasteiger partial charge in [-0.05, 0) is 44.0 Å². The van der Waals surface area contributed by atoms with Crippen molar-refractivity contribution in [2.45, 2.75) is 18.4 Å². The minimum atomic E-state index is 0.165. The molecule has 1 aromatic rings. The van der Waals surface area contributed by atoms with E-state index in [0.717, 1.165) is 25.0 Å². The zero-order valence-corrected chi connectivity index (χ0v) is 12.8. The van der Waals surface area contributed by atoms with Crippen LogP contribution >= 0.6 is 11.6 Å². The molecule has 3 fully saturated rings. The van der Waals surface area contributed by atoms with Crippen LogP contribution in [0, 0.1) is 5.92 Å². The third kappa shape index (κ3) is 2.08. The van der Waals surface area contributed by atoms with Crippen LogP contribution in [0.2, 0.25) is 5.15 Å². The highest BCUT2D eigenvalue weighted by molar-refractivity contribution is 6.29. The number of hydrogen-bond acceptors (Lipinski definition) is 6. The van der Waals surface area contributed by atoms with Gasteiger partial charge in [0.25, 0.3) is 0 Å². The van der Waals surface area contributed by atoms with Crippen molar-refractivity contribution in [1.29, 1.82) is 0 Å². The molecule has 4 aliphatic rings. The van der Waals surface area contributed by atoms with Crippen LogP contribution in [0.25, 0.3) is 0 Å². The molecule has 5 rings (SSSR count). The Balaban J connectivity index is 1.52. The normalized spacial score (nSPS) is 34.4. The van der Waals surface area contributed by atoms with Crippen molar-refractivity contribution in [3.05, 3.63) is 17.3 Å². The van der Waals surface area contributed by atoms with Gasteiger partial charge in [0.15, 0.2) is 16.9 Å². The topological polar surface area (TPSA) is 56.6 Å². The largest absolute Gasteiger partial charge is 0.337 e. The summed E-state index contributed by atoms with van der Waals surface area (Å²) in [5.41, 5.74) is 0.165. The summed E-state index contributed by atoms with van der Waals surface area (Å²) in [7, 11) is 2.14. The molecule has 0 saturated carbocycles. The number of nitrogens with zero attached hydrogens (tertiary/aromatic N) is 5. The lowest BCUT2D eigenvalue weighted by molar-refractivity contribution is -0.0199. The Morgan fingerprint density at radius 3 is 2.71 bits per heavy atom. The van der Waals surface area contributed by atoms with Gasteiger partial charge in [-0.3, -0.25) is 4.99 Å². The zero-order chi connectivity index (χ0) is 14.4. The van der Waals surface area contributed by atoms with E-state index < -0.39 is 0 Å². The van der Waals surface area contributed by atoms with Crippen molar-refractivity contribution >= 4 is 23.4 Å². The SMILES string of the molecule is CN1C(Nc2ccc(Cl)nn2)=NCC12CN1CCC2CC1. The van der Waals surface area contributed by atoms with Crippen molar-refractivity contribution in [1.82, 2.24) is 20.0 Å². The van der Waals surface area contributed by atoms with Gasteiger partial charge in [-0.25, -0.2) is 0 Å². The molecule has 5 heterocycles. The summed E-state index contributed by atoms with van der Waals surface area (Å²) in [4.78, 5) is 9.62. The number of fused-ring (bicyclic) bond motifs is 2. The number of halogens is 1. The first-order chi connectivity index (χ1) is 10.2. The van der Waals surface area contributed by atoms with Crippen LogP contribution in [-0.2, 0) is 0 Å². The highest BCUT2D eigenvalue weighted by Gasteiger charge is 2.52. The van der Waals surface area contributed by atoms with E-state index in [1.807, 2.05) is 6.07 Å². The van der Waals surface area contributed by atoms with E-state index in [9.17, 15) is 0 Å². The molecular weight excluding hydrogens is 288 g/mol. The predicted molar refractivity (Wildman–Crippen MR) is 82.6 cm³/mol. The van der Waals surface area contributed by atoms with Crippen LogP contribution in [0.4, 0.5) is 5.82 Å². The molecule has 0 aliphatic carbocycles. The number of likely N-dealkylation sites (N-methyl/N-ethyl adjacent to an activating group) is 1. The number of aliphatic imine (C=N–C) groups is 1. The van der Waals surface area contributed by atoms with E-state index in [1.165, 1.54) is 25.9 Å². The highest BCUT2D eigenvalue weighted by atomic mass is 35.5. The lowest BCUT2D eigenvalue weighted by atomic mass is 9.72. The number of guanidine groups is 1. The van der Waals surface area contributed by atoms with Gasteiger partial charge in [0.1, 0.15) is 0 Å². The second-order valence-electron chi connectivity index (χ2n) is 6.22. The van der Waals surface area contributed by atoms with Gasteiger partial charge in [-0.15, -0.1) is 10.2 Å². The molecular formula is C14H19ClN6. The Morgan fingerprint density at radius 2 is 2.10 bits per heavy atom. The molecule has 0 radical (unpaired) electrons. The van der Waals surface area contributed by atoms with E-state index in [0.29, 0.717) is 11.0 Å². The number of hydrogen-bond donors (Lipinski definition) is 1. The summed E-state index contributed by atoms with van der Waals surface area (Å²) in [5.74, 6) is 2.32. The molecule has 1 aromatic heterocycles. The van der Waals surface area contributed by atoms with Crippen molar-refractivity contribution in [3.63, 3.8) is 0 Å². The van der Waals surface area contributed by atoms with E-state index in [-0.39, 0.29) is 5.54 Å². The quantitative estimate of drug-likeness (QED) is 0.848. The Labute approximate surface area is 129 Å². The standard InChI is InChI=1S/C14H19ClN6/c1-20-13(17-12-3-2-11(15)18-19-12)16-8-14(20)9-21-6-4-10(14)5-7-21/h2-3,10H,4-9H2,1H3,(H,16,17,19). The van der Waals surface area contributed by atoms with Crippen molar-refractivity contribution < 1.29 is 0 Å². The molecule has 4 aliphatic heterocycles. The average molecular weight is 307 g/mol. The Kier molecular flexibility index (Phi) is 3.04. The van der Waals surface area contributed by atoms with Crippen LogP contribution in [0.3, 0.4) is 0 Å². The maximum absolute atomic E-state index is 5.77. The van der Waals surface area contributed by atoms with E-state index >= 15 is 0 Å². The second-order valence-corrected chi connectivity index (χ2v) is 6.61. The molecule has 1 spiro atoms. The molecule has 6 nitrogen and oxygen atoms in total. The molecule has 7 heteroatoms. The summed E-state index contributed by atoms with van der Waals surface area (Å²) < 4.78 is 0. The van der Waals surface area contributed by atoms with Crippen LogP contribution in [-0.4, -0.2) is 64.7 Å². The van der Waals surface area contributed by atoms with E-state index in [4.69, 9.17) is 16.6 Å². The minimum absolute atomic E-state index is 0.165. The van der Waals surface area contributed by atoms with Crippen molar-refractivity contribution in [2.75, 3.05) is 38.5 Å². The minimum Gasteiger partial charge on any atom is -0.337 e. The molecule has 1 unspecified atom stereocenters. The first kappa shape index (κ1) is 13.3. The fraction of sp³-hybridized carbons (Fsp3) is 0.643. The number of anilines is 1. The Bertz CT molecular complexity index is 565. The fourth-order valence-electron chi connectivity index (χ4n) is 3.96. The maximum Gasteiger partial charge on any atom is 0.200 e. The molecule has 1 atom stereocenters. The Morgan fingerprint density at radius 1 is 1.29 bits per heavy atom. The molecule has 1 N–H and O–H groups in total. The summed E-state index contributed by atoms with van der Waals surface area (Å²) in [6.45, 7) is 4.47. The smallest absolute Gasteiger partial charge is 0.200 e. The van der Waals surface area contributed by atoms with Gasteiger partial charge in [0.2, 0.25) is 0 Å². The van der Waals surface area contributed by atoms with Crippen LogP contribution < -0.4 is 5.32 Å². The average Bonchev–Trinajstić information content (AvgIpc) is 2.80. The van der Waals surface area contributed by atoms with Gasteiger partial charge >= 0.3 is 0 Å². The van der Waals surface area contributed by atoms with Gasteiger partial charge < -0.3 is 15.1 Å². The first-order valence-electron chi connectivity index (χ1n) is 7.44. The van der Waals surface area contributed by atoms with E-state index in [2.05, 4.69) is 32.4 Å². The fourth-order valence-corrected chi connectivity index (χ4v) is 4.06. The number of rotatable bonds is 1. The molecule has 112 valence electrons. The number of piperidine rings is 3. The maximum atomic E-state index is 5.77. The lowest BCUT2D eigenvalue weighted by Crippen LogP contribution is -2.66.